The Kier molecular flexibility index (Phi) is 5.13. The molecular formula is C15H29N3Si3. The monoisotopic (exact) mass is 335 g/mol. The van der Waals surface area contributed by atoms with Gasteiger partial charge in [-0.25, -0.2) is 0 Å². The molecule has 0 spiro atoms. The van der Waals surface area contributed by atoms with Gasteiger partial charge in [0.1, 0.15) is 0 Å². The van der Waals surface area contributed by atoms with Gasteiger partial charge in [-0.1, -0.05) is 36.2 Å². The topological polar surface area (TPSA) is 36.1 Å². The molecule has 0 aromatic carbocycles. The molecule has 2 atom stereocenters. The van der Waals surface area contributed by atoms with Crippen LogP contribution in [0.15, 0.2) is 24.6 Å². The van der Waals surface area contributed by atoms with Crippen molar-refractivity contribution in [3.63, 3.8) is 0 Å². The van der Waals surface area contributed by atoms with Crippen molar-refractivity contribution in [3.8, 4) is 11.5 Å². The van der Waals surface area contributed by atoms with Gasteiger partial charge in [-0.2, -0.15) is 0 Å². The first kappa shape index (κ1) is 16.9. The molecule has 0 bridgehead atoms. The summed E-state index contributed by atoms with van der Waals surface area (Å²) in [5, 5.41) is 0. The minimum Gasteiger partial charge on any atom is -0.330 e. The predicted molar refractivity (Wildman–Crippen MR) is 99.0 cm³/mol. The highest BCUT2D eigenvalue weighted by atomic mass is 28.5. The maximum absolute atomic E-state index is 4.04. The lowest BCUT2D eigenvalue weighted by Crippen LogP contribution is -2.89. The summed E-state index contributed by atoms with van der Waals surface area (Å²) in [6.07, 6.45) is 6.64. The molecule has 21 heavy (non-hydrogen) atoms. The lowest BCUT2D eigenvalue weighted by molar-refractivity contribution is 0.430. The number of rotatable bonds is 2. The van der Waals surface area contributed by atoms with Crippen LogP contribution in [0.4, 0.5) is 0 Å². The zero-order valence-electron chi connectivity index (χ0n) is 13.7. The molecule has 3 nitrogen and oxygen atoms in total. The van der Waals surface area contributed by atoms with Crippen molar-refractivity contribution in [1.29, 1.82) is 0 Å². The summed E-state index contributed by atoms with van der Waals surface area (Å²) in [4.78, 5) is 0. The van der Waals surface area contributed by atoms with Gasteiger partial charge in [-0.15, -0.1) is 19.1 Å². The second-order valence-corrected chi connectivity index (χ2v) is 18.0. The van der Waals surface area contributed by atoms with Crippen LogP contribution >= 0.6 is 0 Å². The van der Waals surface area contributed by atoms with E-state index in [9.17, 15) is 0 Å². The van der Waals surface area contributed by atoms with E-state index in [4.69, 9.17) is 0 Å². The molecule has 1 heterocycles. The lowest BCUT2D eigenvalue weighted by Gasteiger charge is -2.48. The summed E-state index contributed by atoms with van der Waals surface area (Å²) in [5.74, 6) is 4.20. The fourth-order valence-electron chi connectivity index (χ4n) is 3.43. The van der Waals surface area contributed by atoms with Gasteiger partial charge in [-0.3, -0.25) is 0 Å². The molecule has 0 aromatic rings. The van der Waals surface area contributed by atoms with Gasteiger partial charge >= 0.3 is 0 Å². The van der Waals surface area contributed by atoms with Gasteiger partial charge in [-0.05, 0) is 32.5 Å². The van der Waals surface area contributed by atoms with Crippen LogP contribution in [0.3, 0.4) is 0 Å². The summed E-state index contributed by atoms with van der Waals surface area (Å²) in [7, 11) is -5.65. The maximum Gasteiger partial charge on any atom is 0.270 e. The quantitative estimate of drug-likeness (QED) is 0.536. The predicted octanol–water partition coefficient (Wildman–Crippen LogP) is 2.56. The first-order valence-corrected chi connectivity index (χ1v) is 15.7. The molecular weight excluding hydrogens is 306 g/mol. The highest BCUT2D eigenvalue weighted by Crippen LogP contribution is 2.23. The van der Waals surface area contributed by atoms with Crippen LogP contribution in [0.25, 0.3) is 0 Å². The zero-order valence-corrected chi connectivity index (χ0v) is 16.7. The molecule has 1 saturated carbocycles. The van der Waals surface area contributed by atoms with E-state index < -0.39 is 25.2 Å². The van der Waals surface area contributed by atoms with Gasteiger partial charge in [0.05, 0.1) is 0 Å². The molecule has 3 N–H and O–H groups in total. The molecule has 1 aliphatic heterocycles. The third-order valence-electron chi connectivity index (χ3n) is 4.49. The molecule has 0 amide bonds. The summed E-state index contributed by atoms with van der Waals surface area (Å²) < 4.78 is 11.5. The van der Waals surface area contributed by atoms with Crippen LogP contribution in [0.2, 0.25) is 19.6 Å². The van der Waals surface area contributed by atoms with Crippen molar-refractivity contribution in [3.05, 3.63) is 24.6 Å². The lowest BCUT2D eigenvalue weighted by atomic mass is 9.90. The van der Waals surface area contributed by atoms with E-state index in [1.165, 1.54) is 32.1 Å². The third kappa shape index (κ3) is 4.28. The summed E-state index contributed by atoms with van der Waals surface area (Å²) in [6.45, 7) is 14.9. The largest absolute Gasteiger partial charge is 0.330 e. The van der Waals surface area contributed by atoms with Crippen LogP contribution in [-0.2, 0) is 0 Å². The van der Waals surface area contributed by atoms with E-state index >= 15 is 0 Å². The van der Waals surface area contributed by atoms with Gasteiger partial charge in [0, 0.05) is 5.92 Å². The Morgan fingerprint density at radius 1 is 0.905 bits per heavy atom. The Balaban J connectivity index is 2.20. The normalized spacial score (nSPS) is 40.9. The molecule has 2 unspecified atom stereocenters. The molecule has 0 radical (unpaired) electrons. The number of nitrogens with one attached hydrogen (secondary N) is 3. The zero-order chi connectivity index (χ0) is 15.6. The molecule has 1 aliphatic carbocycles. The molecule has 0 aromatic heterocycles. The Bertz CT molecular complexity index is 456. The molecule has 6 heteroatoms. The second kappa shape index (κ2) is 6.36. The third-order valence-corrected chi connectivity index (χ3v) is 19.1. The van der Waals surface area contributed by atoms with E-state index in [0.717, 1.165) is 0 Å². The standard InChI is InChI=1S/C15H29N3Si3/c1-6-19(3)16-20(4,7-2)18-21(5,17-19)14-13-15-11-9-8-10-12-15/h6-7,15-18H,1-2,8-12H2,3-5H3. The van der Waals surface area contributed by atoms with E-state index in [1.54, 1.807) is 0 Å². The van der Waals surface area contributed by atoms with Crippen LogP contribution < -0.4 is 13.9 Å². The fraction of sp³-hybridized carbons (Fsp3) is 0.600. The van der Waals surface area contributed by atoms with E-state index in [0.29, 0.717) is 5.92 Å². The van der Waals surface area contributed by atoms with Crippen molar-refractivity contribution < 1.29 is 0 Å². The van der Waals surface area contributed by atoms with Gasteiger partial charge in [0.2, 0.25) is 16.8 Å². The van der Waals surface area contributed by atoms with Crippen molar-refractivity contribution in [2.45, 2.75) is 51.7 Å². The van der Waals surface area contributed by atoms with Crippen molar-refractivity contribution in [2.75, 3.05) is 0 Å². The van der Waals surface area contributed by atoms with Crippen LogP contribution in [0, 0.1) is 17.4 Å². The molecule has 2 rings (SSSR count). The van der Waals surface area contributed by atoms with Crippen molar-refractivity contribution >= 4 is 25.2 Å². The Hall–Kier alpha value is -0.429. The van der Waals surface area contributed by atoms with E-state index in [-0.39, 0.29) is 0 Å². The van der Waals surface area contributed by atoms with Gasteiger partial charge in [0.25, 0.3) is 8.40 Å². The molecule has 116 valence electrons. The summed E-state index contributed by atoms with van der Waals surface area (Å²) in [5.41, 5.74) is 7.83. The Labute approximate surface area is 133 Å². The first-order chi connectivity index (χ1) is 9.82. The van der Waals surface area contributed by atoms with Crippen molar-refractivity contribution in [2.24, 2.45) is 5.92 Å². The van der Waals surface area contributed by atoms with Crippen LogP contribution in [0.5, 0.6) is 0 Å². The maximum atomic E-state index is 4.04. The number of hydrogen-bond donors (Lipinski definition) is 3. The SMILES string of the molecule is C=C[Si]1(C)N[Si](C)(C#CC2CCCCC2)N[Si](C)(C=C)N1. The smallest absolute Gasteiger partial charge is 0.270 e. The Morgan fingerprint density at radius 3 is 1.90 bits per heavy atom. The average Bonchev–Trinajstić information content (AvgIpc) is 2.45. The Morgan fingerprint density at radius 2 is 1.43 bits per heavy atom. The number of hydrogen-bond acceptors (Lipinski definition) is 3. The van der Waals surface area contributed by atoms with Crippen LogP contribution in [0.1, 0.15) is 32.1 Å². The minimum absolute atomic E-state index is 0.606. The second-order valence-electron chi connectivity index (χ2n) is 6.92. The van der Waals surface area contributed by atoms with E-state index in [2.05, 4.69) is 69.6 Å². The highest BCUT2D eigenvalue weighted by molar-refractivity contribution is 7.10. The van der Waals surface area contributed by atoms with Crippen molar-refractivity contribution in [1.82, 2.24) is 13.9 Å². The van der Waals surface area contributed by atoms with Crippen LogP contribution in [-0.4, -0.2) is 25.2 Å². The molecule has 2 aliphatic rings. The van der Waals surface area contributed by atoms with E-state index in [1.807, 2.05) is 0 Å². The summed E-state index contributed by atoms with van der Waals surface area (Å²) in [6, 6.07) is 0. The fourth-order valence-corrected chi connectivity index (χ4v) is 21.1. The van der Waals surface area contributed by atoms with Gasteiger partial charge < -0.3 is 13.9 Å². The minimum atomic E-state index is -1.98. The first-order valence-electron chi connectivity index (χ1n) is 8.00. The average molecular weight is 336 g/mol. The molecule has 1 saturated heterocycles. The summed E-state index contributed by atoms with van der Waals surface area (Å²) >= 11 is 0. The molecule has 2 fully saturated rings. The van der Waals surface area contributed by atoms with Gasteiger partial charge in [0.15, 0.2) is 0 Å². The highest BCUT2D eigenvalue weighted by Gasteiger charge is 2.49.